The number of sulfonamides is 1. The van der Waals surface area contributed by atoms with Gasteiger partial charge in [-0.2, -0.15) is 13.2 Å². The van der Waals surface area contributed by atoms with Gasteiger partial charge in [0.15, 0.2) is 11.6 Å². The Balaban J connectivity index is 2.16. The van der Waals surface area contributed by atoms with Gasteiger partial charge in [0, 0.05) is 11.6 Å². The van der Waals surface area contributed by atoms with Crippen LogP contribution in [0.1, 0.15) is 5.56 Å². The van der Waals surface area contributed by atoms with E-state index in [-0.39, 0.29) is 10.5 Å². The molecule has 0 aliphatic rings. The summed E-state index contributed by atoms with van der Waals surface area (Å²) < 4.78 is 107. The van der Waals surface area contributed by atoms with Gasteiger partial charge in [-0.25, -0.2) is 21.6 Å². The Morgan fingerprint density at radius 2 is 1.38 bits per heavy atom. The van der Waals surface area contributed by atoms with Crippen molar-refractivity contribution >= 4 is 15.7 Å². The van der Waals surface area contributed by atoms with E-state index in [1.165, 1.54) is 24.3 Å². The van der Waals surface area contributed by atoms with Gasteiger partial charge in [0.2, 0.25) is 0 Å². The molecule has 3 rings (SSSR count). The molecule has 0 bridgehead atoms. The molecule has 0 spiro atoms. The van der Waals surface area contributed by atoms with Gasteiger partial charge < -0.3 is 0 Å². The molecule has 0 amide bonds. The zero-order chi connectivity index (χ0) is 21.4. The van der Waals surface area contributed by atoms with Crippen molar-refractivity contribution in [1.82, 2.24) is 0 Å². The van der Waals surface area contributed by atoms with Crippen LogP contribution in [-0.2, 0) is 16.2 Å². The first-order chi connectivity index (χ1) is 13.5. The van der Waals surface area contributed by atoms with Gasteiger partial charge in [-0.15, -0.1) is 0 Å². The second-order valence-corrected chi connectivity index (χ2v) is 7.61. The summed E-state index contributed by atoms with van der Waals surface area (Å²) in [6.07, 6.45) is -5.04. The van der Waals surface area contributed by atoms with Crippen LogP contribution in [0.2, 0.25) is 0 Å². The monoisotopic (exact) mass is 431 g/mol. The molecule has 0 radical (unpaired) electrons. The van der Waals surface area contributed by atoms with E-state index >= 15 is 0 Å². The summed E-state index contributed by atoms with van der Waals surface area (Å²) in [7, 11) is -4.26. The molecule has 0 saturated carbocycles. The summed E-state index contributed by atoms with van der Waals surface area (Å²) in [5.41, 5.74) is -2.89. The predicted molar refractivity (Wildman–Crippen MR) is 94.0 cm³/mol. The molecule has 152 valence electrons. The van der Waals surface area contributed by atoms with Crippen molar-refractivity contribution in [3.05, 3.63) is 83.7 Å². The lowest BCUT2D eigenvalue weighted by Crippen LogP contribution is -2.14. The third-order valence-corrected chi connectivity index (χ3v) is 5.32. The molecule has 0 aliphatic heterocycles. The molecule has 0 fully saturated rings. The van der Waals surface area contributed by atoms with E-state index in [4.69, 9.17) is 0 Å². The Hall–Kier alpha value is -3.01. The van der Waals surface area contributed by atoms with Gasteiger partial charge in [-0.05, 0) is 35.9 Å². The Labute approximate surface area is 161 Å². The highest BCUT2D eigenvalue weighted by Gasteiger charge is 2.34. The average molecular weight is 431 g/mol. The molecule has 3 aromatic rings. The molecule has 0 atom stereocenters. The number of hydrogen-bond donors (Lipinski definition) is 1. The zero-order valence-corrected chi connectivity index (χ0v) is 15.1. The van der Waals surface area contributed by atoms with Gasteiger partial charge in [-0.1, -0.05) is 24.3 Å². The van der Waals surface area contributed by atoms with Crippen LogP contribution in [0.3, 0.4) is 0 Å². The zero-order valence-electron chi connectivity index (χ0n) is 14.3. The standard InChI is InChI=1S/C19H11F6NO2S/c20-15-7-6-11(8-14(15)19(23,24)25)13-9-16(21)17(22)10-18(13)26-29(27,28)12-4-2-1-3-5-12/h1-10,26H. The van der Waals surface area contributed by atoms with E-state index in [1.54, 1.807) is 6.07 Å². The first kappa shape index (κ1) is 20.7. The lowest BCUT2D eigenvalue weighted by atomic mass is 10.0. The van der Waals surface area contributed by atoms with Crippen molar-refractivity contribution < 1.29 is 34.8 Å². The fourth-order valence-corrected chi connectivity index (χ4v) is 3.68. The SMILES string of the molecule is O=S(=O)(Nc1cc(F)c(F)cc1-c1ccc(F)c(C(F)(F)F)c1)c1ccccc1. The number of anilines is 1. The fraction of sp³-hybridized carbons (Fsp3) is 0.0526. The van der Waals surface area contributed by atoms with Crippen LogP contribution in [0.5, 0.6) is 0 Å². The van der Waals surface area contributed by atoms with Crippen molar-refractivity contribution in [3.8, 4) is 11.1 Å². The summed E-state index contributed by atoms with van der Waals surface area (Å²) >= 11 is 0. The minimum Gasteiger partial charge on any atom is -0.279 e. The molecule has 3 aromatic carbocycles. The molecule has 3 nitrogen and oxygen atoms in total. The number of hydrogen-bond acceptors (Lipinski definition) is 2. The van der Waals surface area contributed by atoms with Crippen molar-refractivity contribution in [2.75, 3.05) is 4.72 Å². The van der Waals surface area contributed by atoms with Crippen LogP contribution < -0.4 is 4.72 Å². The highest BCUT2D eigenvalue weighted by atomic mass is 32.2. The highest BCUT2D eigenvalue weighted by molar-refractivity contribution is 7.92. The molecular weight excluding hydrogens is 420 g/mol. The third kappa shape index (κ3) is 4.37. The molecule has 10 heteroatoms. The van der Waals surface area contributed by atoms with Crippen LogP contribution in [0.4, 0.5) is 32.0 Å². The molecule has 0 aromatic heterocycles. The highest BCUT2D eigenvalue weighted by Crippen LogP contribution is 2.37. The van der Waals surface area contributed by atoms with E-state index in [0.717, 1.165) is 6.07 Å². The molecule has 0 saturated heterocycles. The Bertz CT molecular complexity index is 1160. The van der Waals surface area contributed by atoms with E-state index in [0.29, 0.717) is 24.3 Å². The maximum absolute atomic E-state index is 13.8. The second kappa shape index (κ2) is 7.43. The Kier molecular flexibility index (Phi) is 5.31. The normalized spacial score (nSPS) is 12.1. The third-order valence-electron chi connectivity index (χ3n) is 3.94. The lowest BCUT2D eigenvalue weighted by molar-refractivity contribution is -0.139. The average Bonchev–Trinajstić information content (AvgIpc) is 2.64. The minimum atomic E-state index is -5.04. The van der Waals surface area contributed by atoms with Gasteiger partial charge in [-0.3, -0.25) is 4.72 Å². The number of halogens is 6. The molecule has 0 aliphatic carbocycles. The second-order valence-electron chi connectivity index (χ2n) is 5.92. The number of nitrogens with one attached hydrogen (secondary N) is 1. The summed E-state index contributed by atoms with van der Waals surface area (Å²) in [6.45, 7) is 0. The lowest BCUT2D eigenvalue weighted by Gasteiger charge is -2.15. The van der Waals surface area contributed by atoms with E-state index in [1.807, 2.05) is 4.72 Å². The first-order valence-corrected chi connectivity index (χ1v) is 9.41. The predicted octanol–water partition coefficient (Wildman–Crippen LogP) is 5.59. The first-order valence-electron chi connectivity index (χ1n) is 7.93. The molecule has 29 heavy (non-hydrogen) atoms. The van der Waals surface area contributed by atoms with E-state index in [9.17, 15) is 34.8 Å². The maximum Gasteiger partial charge on any atom is 0.419 e. The minimum absolute atomic E-state index is 0.203. The largest absolute Gasteiger partial charge is 0.419 e. The molecule has 0 unspecified atom stereocenters. The van der Waals surface area contributed by atoms with Crippen LogP contribution in [0.15, 0.2) is 65.6 Å². The van der Waals surface area contributed by atoms with Crippen molar-refractivity contribution in [3.63, 3.8) is 0 Å². The Morgan fingerprint density at radius 1 is 0.759 bits per heavy atom. The molecule has 1 N–H and O–H groups in total. The summed E-state index contributed by atoms with van der Waals surface area (Å²) in [6, 6.07) is 9.72. The van der Waals surface area contributed by atoms with Crippen LogP contribution in [0, 0.1) is 17.5 Å². The van der Waals surface area contributed by atoms with Crippen LogP contribution in [-0.4, -0.2) is 8.42 Å². The topological polar surface area (TPSA) is 46.2 Å². The van der Waals surface area contributed by atoms with Gasteiger partial charge in [0.1, 0.15) is 5.82 Å². The van der Waals surface area contributed by atoms with E-state index in [2.05, 4.69) is 0 Å². The number of rotatable bonds is 4. The van der Waals surface area contributed by atoms with E-state index < -0.39 is 50.5 Å². The fourth-order valence-electron chi connectivity index (χ4n) is 2.58. The Morgan fingerprint density at radius 3 is 2.00 bits per heavy atom. The smallest absolute Gasteiger partial charge is 0.279 e. The summed E-state index contributed by atoms with van der Waals surface area (Å²) in [5, 5.41) is 0. The molecule has 0 heterocycles. The van der Waals surface area contributed by atoms with Crippen LogP contribution >= 0.6 is 0 Å². The number of alkyl halides is 3. The van der Waals surface area contributed by atoms with Gasteiger partial charge in [0.25, 0.3) is 10.0 Å². The quantitative estimate of drug-likeness (QED) is 0.548. The van der Waals surface area contributed by atoms with Gasteiger partial charge in [0.05, 0.1) is 16.1 Å². The van der Waals surface area contributed by atoms with Crippen molar-refractivity contribution in [1.29, 1.82) is 0 Å². The van der Waals surface area contributed by atoms with Gasteiger partial charge >= 0.3 is 6.18 Å². The summed E-state index contributed by atoms with van der Waals surface area (Å²) in [5.74, 6) is -4.39. The summed E-state index contributed by atoms with van der Waals surface area (Å²) in [4.78, 5) is -0.203. The molecular formula is C19H11F6NO2S. The van der Waals surface area contributed by atoms with Crippen molar-refractivity contribution in [2.24, 2.45) is 0 Å². The van der Waals surface area contributed by atoms with Crippen LogP contribution in [0.25, 0.3) is 11.1 Å². The number of benzene rings is 3. The van der Waals surface area contributed by atoms with Crippen molar-refractivity contribution in [2.45, 2.75) is 11.1 Å². The maximum atomic E-state index is 13.8.